The molecule has 0 saturated heterocycles. The lowest BCUT2D eigenvalue weighted by Crippen LogP contribution is -2.53. The second-order valence-electron chi connectivity index (χ2n) is 12.7. The Morgan fingerprint density at radius 1 is 1.00 bits per heavy atom. The first-order valence-corrected chi connectivity index (χ1v) is 13.5. The van der Waals surface area contributed by atoms with Crippen LogP contribution in [-0.2, 0) is 14.3 Å². The van der Waals surface area contributed by atoms with Gasteiger partial charge in [-0.05, 0) is 91.4 Å². The molecule has 0 aromatic heterocycles. The summed E-state index contributed by atoms with van der Waals surface area (Å²) in [7, 11) is 0. The molecule has 0 amide bonds. The van der Waals surface area contributed by atoms with Gasteiger partial charge in [0.25, 0.3) is 0 Å². The molecule has 8 atom stereocenters. The van der Waals surface area contributed by atoms with E-state index in [0.717, 1.165) is 30.6 Å². The van der Waals surface area contributed by atoms with Gasteiger partial charge in [-0.3, -0.25) is 9.59 Å². The van der Waals surface area contributed by atoms with E-state index >= 15 is 0 Å². The van der Waals surface area contributed by atoms with E-state index in [0.29, 0.717) is 29.5 Å². The van der Waals surface area contributed by atoms with Gasteiger partial charge in [-0.2, -0.15) is 0 Å². The van der Waals surface area contributed by atoms with Gasteiger partial charge in [-0.15, -0.1) is 0 Å². The average molecular weight is 443 g/mol. The van der Waals surface area contributed by atoms with Gasteiger partial charge in [0.15, 0.2) is 5.78 Å². The summed E-state index contributed by atoms with van der Waals surface area (Å²) in [5.74, 6) is 3.62. The molecule has 0 aromatic rings. The monoisotopic (exact) mass is 442 g/mol. The van der Waals surface area contributed by atoms with Crippen molar-refractivity contribution < 1.29 is 14.3 Å². The third kappa shape index (κ3) is 4.11. The molecule has 0 heterocycles. The maximum atomic E-state index is 13.4. The number of hydrogen-bond donors (Lipinski definition) is 0. The van der Waals surface area contributed by atoms with Crippen molar-refractivity contribution in [2.24, 2.45) is 46.3 Å². The molecule has 0 unspecified atom stereocenters. The molecule has 0 N–H and O–H groups in total. The van der Waals surface area contributed by atoms with Crippen molar-refractivity contribution >= 4 is 11.8 Å². The van der Waals surface area contributed by atoms with Crippen LogP contribution < -0.4 is 0 Å². The van der Waals surface area contributed by atoms with Crippen molar-refractivity contribution in [3.05, 3.63) is 11.6 Å². The molecule has 0 spiro atoms. The summed E-state index contributed by atoms with van der Waals surface area (Å²) >= 11 is 0. The predicted octanol–water partition coefficient (Wildman–Crippen LogP) is 7.14. The Morgan fingerprint density at radius 3 is 2.38 bits per heavy atom. The van der Waals surface area contributed by atoms with Crippen LogP contribution in [0.2, 0.25) is 0 Å². The summed E-state index contributed by atoms with van der Waals surface area (Å²) < 4.78 is 5.53. The number of carbonyl (C=O) groups excluding carboxylic acids is 2. The summed E-state index contributed by atoms with van der Waals surface area (Å²) in [5.41, 5.74) is 1.91. The van der Waals surface area contributed by atoms with Crippen LogP contribution in [-0.4, -0.2) is 17.9 Å². The predicted molar refractivity (Wildman–Crippen MR) is 129 cm³/mol. The van der Waals surface area contributed by atoms with E-state index in [1.165, 1.54) is 57.4 Å². The van der Waals surface area contributed by atoms with Gasteiger partial charge in [0.1, 0.15) is 6.10 Å². The molecule has 0 aromatic carbocycles. The Balaban J connectivity index is 1.52. The molecule has 180 valence electrons. The van der Waals surface area contributed by atoms with E-state index in [9.17, 15) is 9.59 Å². The highest BCUT2D eigenvalue weighted by atomic mass is 16.5. The van der Waals surface area contributed by atoms with Gasteiger partial charge in [0.05, 0.1) is 0 Å². The molecule has 3 nitrogen and oxygen atoms in total. The van der Waals surface area contributed by atoms with Crippen LogP contribution >= 0.6 is 0 Å². The van der Waals surface area contributed by atoms with Crippen molar-refractivity contribution in [2.45, 2.75) is 112 Å². The standard InChI is InChI=1S/C29H46O3/c1-18(2)8-7-9-19(3)23-10-11-24-22-17-27(31)26-16-21(32-20(4)30)12-14-29(26,6)25(22)13-15-28(23,24)5/h17-19,21,23-26H,7-16H2,1-6H3/t19-,21+,23-,24+,25+,26-,28-,29-/m1/s1. The summed E-state index contributed by atoms with van der Waals surface area (Å²) in [6.45, 7) is 13.6. The molecule has 4 aliphatic carbocycles. The number of allylic oxidation sites excluding steroid dienone is 2. The molecule has 4 rings (SSSR count). The van der Waals surface area contributed by atoms with E-state index in [4.69, 9.17) is 4.74 Å². The number of hydrogen-bond acceptors (Lipinski definition) is 3. The average Bonchev–Trinajstić information content (AvgIpc) is 3.06. The second-order valence-corrected chi connectivity index (χ2v) is 12.7. The van der Waals surface area contributed by atoms with Crippen LogP contribution in [0, 0.1) is 46.3 Å². The van der Waals surface area contributed by atoms with Gasteiger partial charge in [0.2, 0.25) is 0 Å². The van der Waals surface area contributed by atoms with Crippen molar-refractivity contribution in [3.8, 4) is 0 Å². The fraction of sp³-hybridized carbons (Fsp3) is 0.862. The minimum absolute atomic E-state index is 0.0193. The third-order valence-electron chi connectivity index (χ3n) is 10.4. The second kappa shape index (κ2) is 8.91. The Labute approximate surface area is 196 Å². The van der Waals surface area contributed by atoms with Crippen LogP contribution in [0.25, 0.3) is 0 Å². The van der Waals surface area contributed by atoms with Gasteiger partial charge in [0, 0.05) is 12.8 Å². The van der Waals surface area contributed by atoms with E-state index in [1.807, 2.05) is 0 Å². The first-order valence-electron chi connectivity index (χ1n) is 13.5. The molecule has 3 fully saturated rings. The lowest BCUT2D eigenvalue weighted by Gasteiger charge is -2.57. The van der Waals surface area contributed by atoms with Crippen LogP contribution in [0.1, 0.15) is 106 Å². The molecule has 0 aliphatic heterocycles. The van der Waals surface area contributed by atoms with E-state index in [-0.39, 0.29) is 23.4 Å². The highest BCUT2D eigenvalue weighted by molar-refractivity contribution is 5.94. The molecule has 0 bridgehead atoms. The van der Waals surface area contributed by atoms with E-state index in [2.05, 4.69) is 40.7 Å². The summed E-state index contributed by atoms with van der Waals surface area (Å²) in [5, 5.41) is 0. The molecular weight excluding hydrogens is 396 g/mol. The summed E-state index contributed by atoms with van der Waals surface area (Å²) in [4.78, 5) is 24.9. The molecule has 4 aliphatic rings. The normalized spacial score (nSPS) is 42.0. The first kappa shape index (κ1) is 24.0. The topological polar surface area (TPSA) is 43.4 Å². The molecule has 0 radical (unpaired) electrons. The minimum atomic E-state index is -0.217. The van der Waals surface area contributed by atoms with Crippen LogP contribution in [0.5, 0.6) is 0 Å². The fourth-order valence-electron chi connectivity index (χ4n) is 8.69. The third-order valence-corrected chi connectivity index (χ3v) is 10.4. The zero-order valence-electron chi connectivity index (χ0n) is 21.4. The molecule has 3 saturated carbocycles. The summed E-state index contributed by atoms with van der Waals surface area (Å²) in [6, 6.07) is 0. The number of esters is 1. The largest absolute Gasteiger partial charge is 0.463 e. The maximum absolute atomic E-state index is 13.4. The number of ketones is 1. The van der Waals surface area contributed by atoms with Gasteiger partial charge in [-0.1, -0.05) is 59.5 Å². The van der Waals surface area contributed by atoms with Gasteiger partial charge >= 0.3 is 5.97 Å². The van der Waals surface area contributed by atoms with Crippen molar-refractivity contribution in [3.63, 3.8) is 0 Å². The fourth-order valence-corrected chi connectivity index (χ4v) is 8.69. The SMILES string of the molecule is CC(=O)O[C@H]1CC[C@@]2(C)[C@H](C1)C(=O)C=C1[C@@H]2CC[C@]2(C)[C@@H]([C@H](C)CCCC(C)C)CC[C@@H]12. The zero-order chi connectivity index (χ0) is 23.3. The Bertz CT molecular complexity index is 766. The van der Waals surface area contributed by atoms with Gasteiger partial charge in [-0.25, -0.2) is 0 Å². The first-order chi connectivity index (χ1) is 15.1. The number of ether oxygens (including phenoxy) is 1. The van der Waals surface area contributed by atoms with Crippen molar-refractivity contribution in [2.75, 3.05) is 0 Å². The van der Waals surface area contributed by atoms with Crippen LogP contribution in [0.15, 0.2) is 11.6 Å². The highest BCUT2D eigenvalue weighted by Crippen LogP contribution is 2.66. The quantitative estimate of drug-likeness (QED) is 0.411. The number of fused-ring (bicyclic) bond motifs is 5. The molecule has 32 heavy (non-hydrogen) atoms. The number of carbonyl (C=O) groups is 2. The van der Waals surface area contributed by atoms with Crippen molar-refractivity contribution in [1.82, 2.24) is 0 Å². The van der Waals surface area contributed by atoms with Crippen LogP contribution in [0.3, 0.4) is 0 Å². The highest BCUT2D eigenvalue weighted by Gasteiger charge is 2.59. The smallest absolute Gasteiger partial charge is 0.302 e. The molecular formula is C29H46O3. The van der Waals surface area contributed by atoms with E-state index in [1.54, 1.807) is 0 Å². The Hall–Kier alpha value is -1.12. The number of rotatable bonds is 6. The summed E-state index contributed by atoms with van der Waals surface area (Å²) in [6.07, 6.45) is 13.8. The van der Waals surface area contributed by atoms with Gasteiger partial charge < -0.3 is 4.74 Å². The maximum Gasteiger partial charge on any atom is 0.302 e. The zero-order valence-corrected chi connectivity index (χ0v) is 21.4. The lowest BCUT2D eigenvalue weighted by atomic mass is 9.47. The van der Waals surface area contributed by atoms with E-state index < -0.39 is 0 Å². The molecule has 3 heteroatoms. The minimum Gasteiger partial charge on any atom is -0.463 e. The Morgan fingerprint density at radius 2 is 1.69 bits per heavy atom. The van der Waals surface area contributed by atoms with Crippen LogP contribution in [0.4, 0.5) is 0 Å². The lowest BCUT2D eigenvalue weighted by molar-refractivity contribution is -0.155. The Kier molecular flexibility index (Phi) is 6.69. The van der Waals surface area contributed by atoms with Crippen molar-refractivity contribution in [1.29, 1.82) is 0 Å².